The lowest BCUT2D eigenvalue weighted by Crippen LogP contribution is -2.15. The van der Waals surface area contributed by atoms with E-state index in [9.17, 15) is 10.1 Å². The number of anilines is 1. The van der Waals surface area contributed by atoms with Gasteiger partial charge in [-0.2, -0.15) is 5.26 Å². The number of nitriles is 1. The van der Waals surface area contributed by atoms with E-state index in [2.05, 4.69) is 17.5 Å². The van der Waals surface area contributed by atoms with Gasteiger partial charge in [-0.1, -0.05) is 23.8 Å². The molecule has 0 radical (unpaired) electrons. The van der Waals surface area contributed by atoms with Gasteiger partial charge in [-0.25, -0.2) is 0 Å². The second-order valence-electron chi connectivity index (χ2n) is 5.25. The van der Waals surface area contributed by atoms with Gasteiger partial charge in [-0.15, -0.1) is 11.3 Å². The molecule has 21 heavy (non-hydrogen) atoms. The predicted octanol–water partition coefficient (Wildman–Crippen LogP) is 4.03. The molecule has 1 aromatic carbocycles. The van der Waals surface area contributed by atoms with Crippen molar-refractivity contribution in [3.05, 3.63) is 50.9 Å². The number of hydrogen-bond acceptors (Lipinski definition) is 3. The van der Waals surface area contributed by atoms with Crippen LogP contribution >= 0.6 is 11.3 Å². The Morgan fingerprint density at radius 2 is 2.00 bits per heavy atom. The molecular formula is C17H18N2OS. The van der Waals surface area contributed by atoms with Crippen molar-refractivity contribution >= 4 is 22.2 Å². The molecule has 1 heterocycles. The van der Waals surface area contributed by atoms with Crippen LogP contribution in [0.5, 0.6) is 0 Å². The Morgan fingerprint density at radius 1 is 1.29 bits per heavy atom. The molecule has 0 atom stereocenters. The Hall–Kier alpha value is -2.12. The molecule has 0 unspecified atom stereocenters. The van der Waals surface area contributed by atoms with E-state index in [1.54, 1.807) is 0 Å². The van der Waals surface area contributed by atoms with Crippen molar-refractivity contribution in [3.8, 4) is 6.07 Å². The van der Waals surface area contributed by atoms with Crippen LogP contribution in [-0.2, 0) is 11.2 Å². The summed E-state index contributed by atoms with van der Waals surface area (Å²) < 4.78 is 0. The highest BCUT2D eigenvalue weighted by Crippen LogP contribution is 2.31. The minimum absolute atomic E-state index is 0.0836. The van der Waals surface area contributed by atoms with Crippen molar-refractivity contribution in [1.29, 1.82) is 5.26 Å². The van der Waals surface area contributed by atoms with Gasteiger partial charge in [0.25, 0.3) is 0 Å². The monoisotopic (exact) mass is 298 g/mol. The summed E-state index contributed by atoms with van der Waals surface area (Å²) in [6.45, 7) is 7.91. The van der Waals surface area contributed by atoms with Gasteiger partial charge in [0.1, 0.15) is 11.1 Å². The van der Waals surface area contributed by atoms with E-state index in [0.29, 0.717) is 17.0 Å². The summed E-state index contributed by atoms with van der Waals surface area (Å²) in [4.78, 5) is 13.3. The smallest absolute Gasteiger partial charge is 0.229 e. The minimum Gasteiger partial charge on any atom is -0.316 e. The fourth-order valence-corrected chi connectivity index (χ4v) is 3.26. The van der Waals surface area contributed by atoms with Crippen LogP contribution in [0.15, 0.2) is 18.2 Å². The summed E-state index contributed by atoms with van der Waals surface area (Å²) in [5, 5.41) is 12.7. The molecule has 0 saturated carbocycles. The number of carbonyl (C=O) groups excluding carboxylic acids is 1. The molecule has 2 aromatic rings. The van der Waals surface area contributed by atoms with Crippen LogP contribution in [0.3, 0.4) is 0 Å². The third-order valence-corrected chi connectivity index (χ3v) is 4.72. The van der Waals surface area contributed by atoms with Crippen molar-refractivity contribution in [2.24, 2.45) is 0 Å². The van der Waals surface area contributed by atoms with Gasteiger partial charge in [0.2, 0.25) is 5.91 Å². The molecule has 2 rings (SSSR count). The molecule has 1 N–H and O–H groups in total. The first kappa shape index (κ1) is 15.3. The molecule has 3 nitrogen and oxygen atoms in total. The lowest BCUT2D eigenvalue weighted by Gasteiger charge is -2.07. The Kier molecular flexibility index (Phi) is 4.44. The maximum absolute atomic E-state index is 12.2. The highest BCUT2D eigenvalue weighted by molar-refractivity contribution is 7.16. The van der Waals surface area contributed by atoms with Crippen LogP contribution in [0.1, 0.15) is 32.7 Å². The molecule has 0 saturated heterocycles. The average molecular weight is 298 g/mol. The maximum Gasteiger partial charge on any atom is 0.229 e. The van der Waals surface area contributed by atoms with Crippen LogP contribution < -0.4 is 5.32 Å². The minimum atomic E-state index is -0.0836. The summed E-state index contributed by atoms with van der Waals surface area (Å²) in [5.74, 6) is -0.0836. The lowest BCUT2D eigenvalue weighted by atomic mass is 10.0. The van der Waals surface area contributed by atoms with Gasteiger partial charge in [0.15, 0.2) is 0 Å². The van der Waals surface area contributed by atoms with Gasteiger partial charge in [-0.05, 0) is 44.4 Å². The first-order chi connectivity index (χ1) is 9.92. The number of aryl methyl sites for hydroxylation is 3. The number of thiophene rings is 1. The van der Waals surface area contributed by atoms with E-state index >= 15 is 0 Å². The summed E-state index contributed by atoms with van der Waals surface area (Å²) >= 11 is 1.46. The molecule has 0 aliphatic carbocycles. The standard InChI is InChI=1S/C17H18N2OS/c1-10-5-6-14(11(2)7-10)8-16(20)19-17-15(9-18)12(3)13(4)21-17/h5-7H,8H2,1-4H3,(H,19,20). The number of amides is 1. The fraction of sp³-hybridized carbons (Fsp3) is 0.294. The molecule has 0 bridgehead atoms. The van der Waals surface area contributed by atoms with Crippen molar-refractivity contribution in [2.45, 2.75) is 34.1 Å². The molecule has 0 spiro atoms. The molecule has 1 amide bonds. The molecule has 4 heteroatoms. The molecule has 0 aliphatic heterocycles. The lowest BCUT2D eigenvalue weighted by molar-refractivity contribution is -0.115. The second kappa shape index (κ2) is 6.11. The third kappa shape index (κ3) is 3.32. The van der Waals surface area contributed by atoms with Crippen molar-refractivity contribution in [2.75, 3.05) is 5.32 Å². The van der Waals surface area contributed by atoms with E-state index in [0.717, 1.165) is 21.6 Å². The van der Waals surface area contributed by atoms with Gasteiger partial charge in [0, 0.05) is 4.88 Å². The Morgan fingerprint density at radius 3 is 2.62 bits per heavy atom. The summed E-state index contributed by atoms with van der Waals surface area (Å²) in [5.41, 5.74) is 4.84. The highest BCUT2D eigenvalue weighted by Gasteiger charge is 2.15. The molecule has 0 fully saturated rings. The van der Waals surface area contributed by atoms with Crippen LogP contribution in [0.2, 0.25) is 0 Å². The second-order valence-corrected chi connectivity index (χ2v) is 6.48. The van der Waals surface area contributed by atoms with E-state index in [-0.39, 0.29) is 5.91 Å². The number of hydrogen-bond donors (Lipinski definition) is 1. The summed E-state index contributed by atoms with van der Waals surface area (Å²) in [6, 6.07) is 8.24. The predicted molar refractivity (Wildman–Crippen MR) is 86.8 cm³/mol. The molecule has 0 aliphatic rings. The molecular weight excluding hydrogens is 280 g/mol. The zero-order valence-electron chi connectivity index (χ0n) is 12.7. The van der Waals surface area contributed by atoms with Crippen LogP contribution in [0.4, 0.5) is 5.00 Å². The van der Waals surface area contributed by atoms with Gasteiger partial charge in [-0.3, -0.25) is 4.79 Å². The van der Waals surface area contributed by atoms with E-state index in [4.69, 9.17) is 0 Å². The first-order valence-electron chi connectivity index (χ1n) is 6.78. The Labute approximate surface area is 129 Å². The van der Waals surface area contributed by atoms with Crippen LogP contribution in [0, 0.1) is 39.0 Å². The first-order valence-corrected chi connectivity index (χ1v) is 7.60. The quantitative estimate of drug-likeness (QED) is 0.930. The van der Waals surface area contributed by atoms with E-state index < -0.39 is 0 Å². The van der Waals surface area contributed by atoms with Crippen molar-refractivity contribution in [3.63, 3.8) is 0 Å². The van der Waals surface area contributed by atoms with Gasteiger partial charge >= 0.3 is 0 Å². The number of benzene rings is 1. The number of nitrogens with zero attached hydrogens (tertiary/aromatic N) is 1. The SMILES string of the molecule is Cc1ccc(CC(=O)Nc2sc(C)c(C)c2C#N)c(C)c1. The molecule has 1 aromatic heterocycles. The van der Waals surface area contributed by atoms with Crippen LogP contribution in [-0.4, -0.2) is 5.91 Å². The normalized spacial score (nSPS) is 10.2. The number of nitrogens with one attached hydrogen (secondary N) is 1. The number of carbonyl (C=O) groups is 1. The summed E-state index contributed by atoms with van der Waals surface area (Å²) in [6.07, 6.45) is 0.326. The molecule has 108 valence electrons. The van der Waals surface area contributed by atoms with Crippen molar-refractivity contribution < 1.29 is 4.79 Å². The van der Waals surface area contributed by atoms with Crippen LogP contribution in [0.25, 0.3) is 0 Å². The summed E-state index contributed by atoms with van der Waals surface area (Å²) in [7, 11) is 0. The third-order valence-electron chi connectivity index (χ3n) is 3.60. The Balaban J connectivity index is 2.16. The number of rotatable bonds is 3. The zero-order valence-corrected chi connectivity index (χ0v) is 13.5. The van der Waals surface area contributed by atoms with E-state index in [1.165, 1.54) is 16.9 Å². The van der Waals surface area contributed by atoms with Gasteiger partial charge in [0.05, 0.1) is 12.0 Å². The van der Waals surface area contributed by atoms with Crippen molar-refractivity contribution in [1.82, 2.24) is 0 Å². The largest absolute Gasteiger partial charge is 0.316 e. The van der Waals surface area contributed by atoms with Gasteiger partial charge < -0.3 is 5.32 Å². The fourth-order valence-electron chi connectivity index (χ4n) is 2.24. The average Bonchev–Trinajstić information content (AvgIpc) is 2.67. The van der Waals surface area contributed by atoms with E-state index in [1.807, 2.05) is 39.8 Å². The highest BCUT2D eigenvalue weighted by atomic mass is 32.1. The zero-order chi connectivity index (χ0) is 15.6. The Bertz CT molecular complexity index is 738. The maximum atomic E-state index is 12.2. The topological polar surface area (TPSA) is 52.9 Å².